The van der Waals surface area contributed by atoms with Crippen molar-refractivity contribution in [1.29, 1.82) is 0 Å². The van der Waals surface area contributed by atoms with Crippen molar-refractivity contribution in [2.75, 3.05) is 5.32 Å². The van der Waals surface area contributed by atoms with Crippen LogP contribution in [0.25, 0.3) is 0 Å². The molecule has 0 saturated heterocycles. The van der Waals surface area contributed by atoms with Crippen LogP contribution < -0.4 is 10.6 Å². The van der Waals surface area contributed by atoms with E-state index in [4.69, 9.17) is 4.74 Å². The number of anilines is 1. The second kappa shape index (κ2) is 6.77. The van der Waals surface area contributed by atoms with Crippen LogP contribution in [0.15, 0.2) is 24.5 Å². The Morgan fingerprint density at radius 3 is 2.27 bits per heavy atom. The van der Waals surface area contributed by atoms with Gasteiger partial charge in [-0.15, -0.1) is 0 Å². The Hall–Kier alpha value is -2.11. The monoisotopic (exact) mass is 307 g/mol. The van der Waals surface area contributed by atoms with Crippen molar-refractivity contribution < 1.29 is 14.3 Å². The van der Waals surface area contributed by atoms with Crippen LogP contribution in [-0.2, 0) is 9.53 Å². The van der Waals surface area contributed by atoms with Crippen molar-refractivity contribution in [1.82, 2.24) is 10.3 Å². The Kier molecular flexibility index (Phi) is 5.52. The molecule has 2 amide bonds. The molecule has 1 rings (SSSR count). The third-order valence-corrected chi connectivity index (χ3v) is 2.72. The highest BCUT2D eigenvalue weighted by molar-refractivity contribution is 5.97. The smallest absolute Gasteiger partial charge is 0.408 e. The molecule has 0 aliphatic carbocycles. The van der Waals surface area contributed by atoms with Crippen molar-refractivity contribution in [3.8, 4) is 0 Å². The van der Waals surface area contributed by atoms with Crippen molar-refractivity contribution in [2.45, 2.75) is 53.2 Å². The van der Waals surface area contributed by atoms with Crippen molar-refractivity contribution in [3.63, 3.8) is 0 Å². The minimum absolute atomic E-state index is 0.314. The fourth-order valence-electron chi connectivity index (χ4n) is 1.75. The Labute approximate surface area is 131 Å². The Morgan fingerprint density at radius 1 is 1.18 bits per heavy atom. The number of nitrogens with one attached hydrogen (secondary N) is 2. The van der Waals surface area contributed by atoms with Crippen molar-refractivity contribution >= 4 is 17.7 Å². The highest BCUT2D eigenvalue weighted by Crippen LogP contribution is 2.21. The van der Waals surface area contributed by atoms with Gasteiger partial charge in [-0.05, 0) is 38.3 Å². The predicted molar refractivity (Wildman–Crippen MR) is 85.5 cm³/mol. The first-order valence-electron chi connectivity index (χ1n) is 7.19. The molecule has 1 aromatic heterocycles. The lowest BCUT2D eigenvalue weighted by molar-refractivity contribution is -0.120. The standard InChI is InChI=1S/C16H25N3O3/c1-15(2,3)12(19-14(21)22-16(4,5)6)13(20)18-11-8-7-9-17-10-11/h7-10,12H,1-6H3,(H,18,20)(H,19,21)/t12-/m1/s1. The number of aromatic nitrogens is 1. The maximum atomic E-state index is 12.5. The number of carbonyl (C=O) groups is 2. The van der Waals surface area contributed by atoms with Crippen molar-refractivity contribution in [2.24, 2.45) is 5.41 Å². The van der Waals surface area contributed by atoms with Crippen LogP contribution in [0.2, 0.25) is 0 Å². The van der Waals surface area contributed by atoms with Gasteiger partial charge in [0, 0.05) is 6.20 Å². The molecule has 0 bridgehead atoms. The van der Waals surface area contributed by atoms with Gasteiger partial charge in [-0.1, -0.05) is 20.8 Å². The Morgan fingerprint density at radius 2 is 1.82 bits per heavy atom. The molecule has 0 saturated carbocycles. The van der Waals surface area contributed by atoms with Crippen LogP contribution in [0.5, 0.6) is 0 Å². The SMILES string of the molecule is CC(C)(C)OC(=O)N[C@H](C(=O)Nc1cccnc1)C(C)(C)C. The van der Waals surface area contributed by atoms with E-state index in [-0.39, 0.29) is 5.91 Å². The van der Waals surface area contributed by atoms with Gasteiger partial charge in [0.05, 0.1) is 11.9 Å². The van der Waals surface area contributed by atoms with Gasteiger partial charge in [-0.2, -0.15) is 0 Å². The summed E-state index contributed by atoms with van der Waals surface area (Å²) in [4.78, 5) is 28.3. The summed E-state index contributed by atoms with van der Waals surface area (Å²) in [5, 5.41) is 5.38. The van der Waals surface area contributed by atoms with E-state index >= 15 is 0 Å². The molecule has 0 radical (unpaired) electrons. The van der Waals surface area contributed by atoms with E-state index in [2.05, 4.69) is 15.6 Å². The number of alkyl carbamates (subject to hydrolysis) is 1. The van der Waals surface area contributed by atoms with E-state index < -0.39 is 23.2 Å². The predicted octanol–water partition coefficient (Wildman–Crippen LogP) is 2.96. The number of hydrogen-bond donors (Lipinski definition) is 2. The maximum Gasteiger partial charge on any atom is 0.408 e. The van der Waals surface area contributed by atoms with Gasteiger partial charge in [0.25, 0.3) is 0 Å². The molecule has 122 valence electrons. The third kappa shape index (κ3) is 6.11. The molecule has 1 aromatic rings. The minimum atomic E-state index is -0.734. The van der Waals surface area contributed by atoms with E-state index in [1.807, 2.05) is 20.8 Å². The van der Waals surface area contributed by atoms with Crippen molar-refractivity contribution in [3.05, 3.63) is 24.5 Å². The van der Waals surface area contributed by atoms with E-state index in [1.165, 1.54) is 0 Å². The summed E-state index contributed by atoms with van der Waals surface area (Å²) >= 11 is 0. The lowest BCUT2D eigenvalue weighted by Crippen LogP contribution is -2.52. The summed E-state index contributed by atoms with van der Waals surface area (Å²) in [6.07, 6.45) is 2.55. The Bertz CT molecular complexity index is 516. The van der Waals surface area contributed by atoms with Gasteiger partial charge < -0.3 is 15.4 Å². The highest BCUT2D eigenvalue weighted by atomic mass is 16.6. The summed E-state index contributed by atoms with van der Waals surface area (Å²) in [7, 11) is 0. The van der Waals surface area contributed by atoms with Gasteiger partial charge in [-0.25, -0.2) is 4.79 Å². The molecule has 6 nitrogen and oxygen atoms in total. The Balaban J connectivity index is 2.81. The van der Waals surface area contributed by atoms with Gasteiger partial charge in [-0.3, -0.25) is 9.78 Å². The van der Waals surface area contributed by atoms with E-state index in [0.717, 1.165) is 0 Å². The molecule has 0 aromatic carbocycles. The summed E-state index contributed by atoms with van der Waals surface area (Å²) < 4.78 is 5.22. The molecule has 1 heterocycles. The van der Waals surface area contributed by atoms with Gasteiger partial charge in [0.15, 0.2) is 0 Å². The normalized spacial score (nSPS) is 13.2. The summed E-state index contributed by atoms with van der Waals surface area (Å²) in [6, 6.07) is 2.73. The zero-order valence-electron chi connectivity index (χ0n) is 14.1. The number of amides is 2. The molecular formula is C16H25N3O3. The number of carbonyl (C=O) groups excluding carboxylic acids is 2. The maximum absolute atomic E-state index is 12.5. The lowest BCUT2D eigenvalue weighted by Gasteiger charge is -2.31. The molecule has 1 atom stereocenters. The average Bonchev–Trinajstić information content (AvgIpc) is 2.33. The fourth-order valence-corrected chi connectivity index (χ4v) is 1.75. The van der Waals surface area contributed by atoms with Gasteiger partial charge in [0.2, 0.25) is 5.91 Å². The minimum Gasteiger partial charge on any atom is -0.444 e. The van der Waals surface area contributed by atoms with Crippen LogP contribution in [0.3, 0.4) is 0 Å². The van der Waals surface area contributed by atoms with E-state index in [1.54, 1.807) is 45.3 Å². The van der Waals surface area contributed by atoms with Crippen LogP contribution in [-0.4, -0.2) is 28.6 Å². The zero-order chi connectivity index (χ0) is 17.0. The number of rotatable bonds is 3. The van der Waals surface area contributed by atoms with Crippen LogP contribution in [0, 0.1) is 5.41 Å². The lowest BCUT2D eigenvalue weighted by atomic mass is 9.86. The number of hydrogen-bond acceptors (Lipinski definition) is 4. The first-order valence-corrected chi connectivity index (χ1v) is 7.19. The number of pyridine rings is 1. The highest BCUT2D eigenvalue weighted by Gasteiger charge is 2.34. The van der Waals surface area contributed by atoms with Crippen LogP contribution in [0.1, 0.15) is 41.5 Å². The molecule has 22 heavy (non-hydrogen) atoms. The largest absolute Gasteiger partial charge is 0.444 e. The second-order valence-corrected chi connectivity index (χ2v) is 7.18. The molecule has 0 fully saturated rings. The molecule has 6 heteroatoms. The second-order valence-electron chi connectivity index (χ2n) is 7.18. The molecule has 0 aliphatic heterocycles. The first-order chi connectivity index (χ1) is 9.99. The van der Waals surface area contributed by atoms with Crippen LogP contribution in [0.4, 0.5) is 10.5 Å². The summed E-state index contributed by atoms with van der Waals surface area (Å²) in [5.41, 5.74) is -0.511. The van der Waals surface area contributed by atoms with E-state index in [9.17, 15) is 9.59 Å². The van der Waals surface area contributed by atoms with E-state index in [0.29, 0.717) is 5.69 Å². The third-order valence-electron chi connectivity index (χ3n) is 2.72. The first kappa shape index (κ1) is 17.9. The number of ether oxygens (including phenoxy) is 1. The van der Waals surface area contributed by atoms with Gasteiger partial charge in [0.1, 0.15) is 11.6 Å². The fraction of sp³-hybridized carbons (Fsp3) is 0.562. The molecule has 0 aliphatic rings. The average molecular weight is 307 g/mol. The topological polar surface area (TPSA) is 80.3 Å². The molecular weight excluding hydrogens is 282 g/mol. The molecule has 0 spiro atoms. The summed E-state index contributed by atoms with van der Waals surface area (Å²) in [6.45, 7) is 10.9. The number of nitrogens with zero attached hydrogens (tertiary/aromatic N) is 1. The molecule has 2 N–H and O–H groups in total. The summed E-state index contributed by atoms with van der Waals surface area (Å²) in [5.74, 6) is -0.314. The molecule has 0 unspecified atom stereocenters. The quantitative estimate of drug-likeness (QED) is 0.899. The zero-order valence-corrected chi connectivity index (χ0v) is 14.1. The van der Waals surface area contributed by atoms with Crippen LogP contribution >= 0.6 is 0 Å². The van der Waals surface area contributed by atoms with Gasteiger partial charge >= 0.3 is 6.09 Å².